The molecule has 5 aliphatic rings. The molecule has 2 fully saturated rings. The minimum Gasteiger partial charge on any atom is -0.493 e. The van der Waals surface area contributed by atoms with Crippen molar-refractivity contribution in [2.24, 2.45) is 11.8 Å². The first-order valence-electron chi connectivity index (χ1n) is 45.8. The van der Waals surface area contributed by atoms with Crippen LogP contribution >= 0.6 is 0 Å². The highest BCUT2D eigenvalue weighted by Gasteiger charge is 2.49. The second-order valence-corrected chi connectivity index (χ2v) is 33.4. The number of aliphatic hydroxyl groups is 2. The number of amides is 13. The Morgan fingerprint density at radius 2 is 0.775 bits per heavy atom. The molecule has 43 nitrogen and oxygen atoms in total. The van der Waals surface area contributed by atoms with Crippen LogP contribution < -0.4 is 66.0 Å². The van der Waals surface area contributed by atoms with Crippen molar-refractivity contribution in [1.82, 2.24) is 41.3 Å². The van der Waals surface area contributed by atoms with E-state index in [-0.39, 0.29) is 187 Å². The van der Waals surface area contributed by atoms with E-state index in [9.17, 15) is 72.5 Å². The van der Waals surface area contributed by atoms with Crippen LogP contribution in [-0.4, -0.2) is 337 Å². The first-order chi connectivity index (χ1) is 66.4. The Morgan fingerprint density at radius 3 is 1.13 bits per heavy atom. The van der Waals surface area contributed by atoms with Crippen LogP contribution in [-0.2, 0) is 113 Å². The molecule has 0 aromatic heterocycles. The van der Waals surface area contributed by atoms with Gasteiger partial charge in [0.2, 0.25) is 41.4 Å². The molecular formula is C95H130N12O31. The summed E-state index contributed by atoms with van der Waals surface area (Å²) >= 11 is 0. The van der Waals surface area contributed by atoms with Crippen LogP contribution in [0.1, 0.15) is 112 Å². The molecule has 0 unspecified atom stereocenters. The maximum Gasteiger partial charge on any atom is 0.416 e. The van der Waals surface area contributed by atoms with Gasteiger partial charge in [0.05, 0.1) is 188 Å². The number of rotatable bonds is 60. The molecule has 43 heteroatoms. The monoisotopic (exact) mass is 1930 g/mol. The molecule has 2 saturated heterocycles. The molecule has 756 valence electrons. The number of ether oxygens (including phenoxy) is 16. The van der Waals surface area contributed by atoms with Crippen molar-refractivity contribution in [2.45, 2.75) is 142 Å². The lowest BCUT2D eigenvalue weighted by atomic mass is 10.0. The van der Waals surface area contributed by atoms with Gasteiger partial charge in [-0.1, -0.05) is 76.3 Å². The van der Waals surface area contributed by atoms with Crippen molar-refractivity contribution < 1.29 is 148 Å². The van der Waals surface area contributed by atoms with Crippen molar-refractivity contribution in [3.05, 3.63) is 132 Å². The van der Waals surface area contributed by atoms with Gasteiger partial charge in [-0.15, -0.1) is 0 Å². The minimum absolute atomic E-state index is 0.0145. The number of nitrogens with one attached hydrogen (secondary N) is 7. The maximum absolute atomic E-state index is 14.5. The summed E-state index contributed by atoms with van der Waals surface area (Å²) in [5.74, 6) is -5.64. The fourth-order valence-corrected chi connectivity index (χ4v) is 14.8. The predicted octanol–water partition coefficient (Wildman–Crippen LogP) is 4.22. The van der Waals surface area contributed by atoms with E-state index < -0.39 is 120 Å². The average molecular weight is 1940 g/mol. The molecule has 13 amide bonds. The normalized spacial score (nSPS) is 16.9. The van der Waals surface area contributed by atoms with Crippen LogP contribution in [0.4, 0.5) is 32.3 Å². The quantitative estimate of drug-likeness (QED) is 0.0170. The molecular weight excluding hydrogens is 1810 g/mol. The molecule has 0 bridgehead atoms. The van der Waals surface area contributed by atoms with E-state index in [2.05, 4.69) is 50.4 Å². The summed E-state index contributed by atoms with van der Waals surface area (Å²) in [7, 11) is 4.26. The van der Waals surface area contributed by atoms with Crippen LogP contribution in [0.5, 0.6) is 23.0 Å². The third-order valence-corrected chi connectivity index (χ3v) is 22.3. The lowest BCUT2D eigenvalue weighted by molar-refractivity contribution is -0.137. The van der Waals surface area contributed by atoms with Gasteiger partial charge in [-0.25, -0.2) is 19.4 Å². The number of anilines is 4. The van der Waals surface area contributed by atoms with Gasteiger partial charge in [-0.05, 0) is 86.1 Å². The molecule has 4 aromatic carbocycles. The smallest absolute Gasteiger partial charge is 0.416 e. The number of carbonyl (C=O) groups excluding carboxylic acids is 13. The predicted molar refractivity (Wildman–Crippen MR) is 497 cm³/mol. The van der Waals surface area contributed by atoms with Crippen molar-refractivity contribution in [3.8, 4) is 23.0 Å². The van der Waals surface area contributed by atoms with Crippen LogP contribution in [0.25, 0.3) is 0 Å². The van der Waals surface area contributed by atoms with E-state index >= 15 is 0 Å². The Labute approximate surface area is 801 Å². The number of fused-ring (bicyclic) bond motifs is 4. The van der Waals surface area contributed by atoms with Gasteiger partial charge in [0.25, 0.3) is 23.6 Å². The summed E-state index contributed by atoms with van der Waals surface area (Å²) < 4.78 is 90.2. The van der Waals surface area contributed by atoms with Gasteiger partial charge < -0.3 is 133 Å². The number of aliphatic hydroxyl groups excluding tert-OH is 2. The van der Waals surface area contributed by atoms with Crippen LogP contribution in [0, 0.1) is 11.8 Å². The molecule has 5 heterocycles. The second kappa shape index (κ2) is 56.6. The number of methoxy groups -OCH3 is 3. The summed E-state index contributed by atoms with van der Waals surface area (Å²) in [6.07, 6.45) is -2.54. The Kier molecular flexibility index (Phi) is 44.8. The van der Waals surface area contributed by atoms with Gasteiger partial charge in [0, 0.05) is 94.6 Å². The standard InChI is InChI=1S/C95H130N12O31/c1-59(2)84(101-80(109)24-30-126-34-33-123-9)88(115)97-63(7)86(113)99-67-17-13-65(14-18-67)57-137-94(121)106-71-53-77(75(124-10)51-69(71)90(117)104-55-61(5)49-73(104)92(106)119)135-28-12-29-136-78-54-72-70(52-76(78)125-11)91(118)105-56-62(6)50-74(105)93(120)107(72)95(122)138-58-66-15-19-68(20-16-66)100-87(114)64(8)98-89(116)85(60(3)4)102-81(110)25-31-127-35-37-129-39-41-131-43-45-133-47-48-134-46-44-132-42-40-130-38-36-128-32-26-96-79(108)23-27-103-82(111)21-22-83(103)112/h13-22,51-54,59-60,63-64,73-74,84-85,92-93,119-120H,5-6,12,23-50,55-58H2,1-4,7-11H3,(H,96,108)(H,97,115)(H,98,116)(H,99,113)(H,100,114)(H,101,109)(H,102,110)/t63-,64-,73-,74-,84-,85-,92-,93-/m0/s1. The Morgan fingerprint density at radius 1 is 0.420 bits per heavy atom. The van der Waals surface area contributed by atoms with Gasteiger partial charge in [0.15, 0.2) is 35.5 Å². The van der Waals surface area contributed by atoms with Gasteiger partial charge >= 0.3 is 12.2 Å². The SMILES string of the molecule is C=C1C[C@H]2[C@H](O)N(C(=O)OCc3ccc(NC(=O)[C@H](C)NC(=O)[C@@H](NC(=O)CCOCCOC)C(C)C)cc3)c3cc(OCCCOc4cc5c(cc4OC)C(=O)N4CC(=C)C[C@H]4[C@H](O)N5C(=O)OCc4ccc(NC(=O)[C@H](C)NC(=O)[C@@H](NC(=O)CCOCCOCCOCCOCCOCCOCCOCCOCCNC(=O)CCN5C(=O)C=CC5=O)C(C)C)cc4)c(OC)cc3C(=O)N2C1. The summed E-state index contributed by atoms with van der Waals surface area (Å²) in [4.78, 5) is 178. The molecule has 138 heavy (non-hydrogen) atoms. The van der Waals surface area contributed by atoms with Crippen molar-refractivity contribution >= 4 is 99.9 Å². The number of hydrogen-bond donors (Lipinski definition) is 9. The first-order valence-corrected chi connectivity index (χ1v) is 45.8. The van der Waals surface area contributed by atoms with E-state index in [1.165, 1.54) is 81.4 Å². The lowest BCUT2D eigenvalue weighted by Gasteiger charge is -2.31. The summed E-state index contributed by atoms with van der Waals surface area (Å²) in [6.45, 7) is 23.8. The summed E-state index contributed by atoms with van der Waals surface area (Å²) in [6, 6.07) is 12.3. The highest BCUT2D eigenvalue weighted by molar-refractivity contribution is 6.13. The fourth-order valence-electron chi connectivity index (χ4n) is 14.8. The molecule has 8 atom stereocenters. The maximum atomic E-state index is 14.5. The summed E-state index contributed by atoms with van der Waals surface area (Å²) in [5.41, 5.74) is 2.74. The Balaban J connectivity index is 0.669. The Bertz CT molecular complexity index is 4780. The topological polar surface area (TPSA) is 510 Å². The molecule has 4 aromatic rings. The number of imide groups is 1. The highest BCUT2D eigenvalue weighted by atomic mass is 16.6. The van der Waals surface area contributed by atoms with E-state index in [1.807, 2.05) is 0 Å². The van der Waals surface area contributed by atoms with E-state index in [0.29, 0.717) is 126 Å². The minimum atomic E-state index is -1.65. The number of nitrogens with zero attached hydrogens (tertiary/aromatic N) is 5. The largest absolute Gasteiger partial charge is 0.493 e. The fraction of sp³-hybridized carbons (Fsp3) is 0.547. The van der Waals surface area contributed by atoms with E-state index in [4.69, 9.17) is 75.8 Å². The lowest BCUT2D eigenvalue weighted by Crippen LogP contribution is -2.53. The van der Waals surface area contributed by atoms with E-state index in [1.54, 1.807) is 76.2 Å². The van der Waals surface area contributed by atoms with Crippen molar-refractivity contribution in [3.63, 3.8) is 0 Å². The third-order valence-electron chi connectivity index (χ3n) is 22.3. The molecule has 0 aliphatic carbocycles. The number of benzene rings is 4. The molecule has 9 rings (SSSR count). The molecule has 0 spiro atoms. The van der Waals surface area contributed by atoms with Gasteiger partial charge in [-0.3, -0.25) is 57.6 Å². The zero-order valence-electron chi connectivity index (χ0n) is 79.6. The zero-order valence-corrected chi connectivity index (χ0v) is 79.6. The van der Waals surface area contributed by atoms with Crippen molar-refractivity contribution in [1.29, 1.82) is 0 Å². The van der Waals surface area contributed by atoms with E-state index in [0.717, 1.165) is 14.7 Å². The molecule has 5 aliphatic heterocycles. The van der Waals surface area contributed by atoms with Crippen LogP contribution in [0.3, 0.4) is 0 Å². The number of hydrogen-bond acceptors (Lipinski definition) is 31. The average Bonchev–Trinajstić information content (AvgIpc) is 1.59. The third kappa shape index (κ3) is 33.3. The molecule has 0 radical (unpaired) electrons. The van der Waals surface area contributed by atoms with Gasteiger partial charge in [-0.2, -0.15) is 0 Å². The van der Waals surface area contributed by atoms with Gasteiger partial charge in [0.1, 0.15) is 37.4 Å². The first kappa shape index (κ1) is 109. The van der Waals surface area contributed by atoms with Crippen LogP contribution in [0.2, 0.25) is 0 Å². The summed E-state index contributed by atoms with van der Waals surface area (Å²) in [5, 5.41) is 43.2. The zero-order chi connectivity index (χ0) is 99.7. The molecule has 9 N–H and O–H groups in total. The van der Waals surface area contributed by atoms with Crippen LogP contribution in [0.15, 0.2) is 109 Å². The van der Waals surface area contributed by atoms with Crippen molar-refractivity contribution in [2.75, 3.05) is 207 Å². The second-order valence-electron chi connectivity index (χ2n) is 33.4. The highest BCUT2D eigenvalue weighted by Crippen LogP contribution is 2.45. The number of carbonyl (C=O) groups is 13. The Hall–Kier alpha value is -12.3. The molecule has 0 saturated carbocycles.